The summed E-state index contributed by atoms with van der Waals surface area (Å²) >= 11 is 1.37. The van der Waals surface area contributed by atoms with E-state index in [-0.39, 0.29) is 11.9 Å². The number of anilines is 2. The Balaban J connectivity index is 1.65. The number of nitrogens with one attached hydrogen (secondary N) is 1. The summed E-state index contributed by atoms with van der Waals surface area (Å²) < 4.78 is 10.8. The Kier molecular flexibility index (Phi) is 10.0. The van der Waals surface area contributed by atoms with Crippen molar-refractivity contribution in [2.75, 3.05) is 57.9 Å². The fraction of sp³-hybridized carbons (Fsp3) is 0.565. The Morgan fingerprint density at radius 1 is 1.27 bits per heavy atom. The van der Waals surface area contributed by atoms with Crippen LogP contribution in [0.2, 0.25) is 0 Å². The van der Waals surface area contributed by atoms with Crippen molar-refractivity contribution in [2.45, 2.75) is 32.7 Å². The molecule has 1 unspecified atom stereocenters. The Hall–Kier alpha value is -2.58. The molecule has 1 aliphatic heterocycles. The van der Waals surface area contributed by atoms with E-state index in [9.17, 15) is 4.79 Å². The number of nitrogens with zero attached hydrogens (tertiary/aromatic N) is 5. The zero-order valence-corrected chi connectivity index (χ0v) is 20.1. The van der Waals surface area contributed by atoms with Gasteiger partial charge in [0, 0.05) is 31.7 Å². The van der Waals surface area contributed by atoms with Gasteiger partial charge in [-0.15, -0.1) is 11.3 Å². The minimum absolute atomic E-state index is 0.140. The summed E-state index contributed by atoms with van der Waals surface area (Å²) in [5.41, 5.74) is 1.33. The van der Waals surface area contributed by atoms with Crippen LogP contribution in [-0.4, -0.2) is 78.3 Å². The van der Waals surface area contributed by atoms with E-state index >= 15 is 0 Å². The third-order valence-corrected chi connectivity index (χ3v) is 6.17. The molecule has 0 spiro atoms. The first kappa shape index (κ1) is 25.1. The molecule has 1 atom stereocenters. The molecule has 1 fully saturated rings. The average molecular weight is 473 g/mol. The van der Waals surface area contributed by atoms with Crippen molar-refractivity contribution in [1.82, 2.24) is 19.8 Å². The van der Waals surface area contributed by atoms with Crippen molar-refractivity contribution >= 4 is 28.2 Å². The van der Waals surface area contributed by atoms with Crippen LogP contribution in [0.15, 0.2) is 23.6 Å². The number of hydrogen-bond acceptors (Lipinski definition) is 9. The molecule has 0 aliphatic carbocycles. The summed E-state index contributed by atoms with van der Waals surface area (Å²) in [4.78, 5) is 26.1. The van der Waals surface area contributed by atoms with Gasteiger partial charge in [0.1, 0.15) is 11.5 Å². The number of aromatic nitrogens is 2. The summed E-state index contributed by atoms with van der Waals surface area (Å²) in [5.74, 6) is 0.535. The highest BCUT2D eigenvalue weighted by molar-refractivity contribution is 7.14. The molecule has 2 aromatic heterocycles. The summed E-state index contributed by atoms with van der Waals surface area (Å²) in [5, 5.41) is 14.7. The molecule has 178 valence electrons. The van der Waals surface area contributed by atoms with Crippen molar-refractivity contribution in [3.8, 4) is 6.07 Å². The molecule has 1 saturated heterocycles. The Labute approximate surface area is 199 Å². The zero-order chi connectivity index (χ0) is 23.5. The van der Waals surface area contributed by atoms with Gasteiger partial charge in [0.05, 0.1) is 37.6 Å². The van der Waals surface area contributed by atoms with Gasteiger partial charge < -0.3 is 19.7 Å². The molecule has 1 N–H and O–H groups in total. The first-order valence-corrected chi connectivity index (χ1v) is 12.3. The van der Waals surface area contributed by atoms with Crippen molar-refractivity contribution in [3.05, 3.63) is 35.0 Å². The number of nitriles is 1. The van der Waals surface area contributed by atoms with Crippen LogP contribution in [-0.2, 0) is 9.47 Å². The fourth-order valence-electron chi connectivity index (χ4n) is 3.80. The molecule has 3 heterocycles. The van der Waals surface area contributed by atoms with Gasteiger partial charge in [-0.1, -0.05) is 6.07 Å². The normalized spacial score (nSPS) is 16.0. The van der Waals surface area contributed by atoms with Crippen molar-refractivity contribution < 1.29 is 14.3 Å². The fourth-order valence-corrected chi connectivity index (χ4v) is 4.49. The highest BCUT2D eigenvalue weighted by Gasteiger charge is 2.27. The van der Waals surface area contributed by atoms with E-state index in [1.165, 1.54) is 11.3 Å². The second-order valence-corrected chi connectivity index (χ2v) is 8.44. The van der Waals surface area contributed by atoms with Crippen LogP contribution in [0.4, 0.5) is 10.9 Å². The van der Waals surface area contributed by atoms with Crippen LogP contribution in [0.25, 0.3) is 0 Å². The molecule has 0 aromatic carbocycles. The minimum Gasteiger partial charge on any atom is -0.380 e. The third-order valence-electron chi connectivity index (χ3n) is 5.41. The summed E-state index contributed by atoms with van der Waals surface area (Å²) in [6.45, 7) is 8.34. The maximum Gasteiger partial charge on any atom is 0.273 e. The second-order valence-electron chi connectivity index (χ2n) is 7.58. The number of rotatable bonds is 13. The molecule has 1 aliphatic rings. The van der Waals surface area contributed by atoms with Gasteiger partial charge in [0.25, 0.3) is 5.91 Å². The molecular weight excluding hydrogens is 440 g/mol. The van der Waals surface area contributed by atoms with E-state index < -0.39 is 0 Å². The second kappa shape index (κ2) is 13.2. The Morgan fingerprint density at radius 3 is 2.73 bits per heavy atom. The number of pyridine rings is 1. The average Bonchev–Trinajstić information content (AvgIpc) is 3.48. The highest BCUT2D eigenvalue weighted by atomic mass is 32.1. The molecule has 0 saturated carbocycles. The van der Waals surface area contributed by atoms with E-state index in [1.54, 1.807) is 10.3 Å². The van der Waals surface area contributed by atoms with Gasteiger partial charge in [0.15, 0.2) is 5.13 Å². The summed E-state index contributed by atoms with van der Waals surface area (Å²) in [6, 6.07) is 8.23. The number of thiazole rings is 1. The lowest BCUT2D eigenvalue weighted by atomic mass is 10.1. The Bertz CT molecular complexity index is 921. The van der Waals surface area contributed by atoms with E-state index in [2.05, 4.69) is 21.3 Å². The quantitative estimate of drug-likeness (QED) is 0.349. The van der Waals surface area contributed by atoms with Crippen LogP contribution < -0.4 is 5.32 Å². The van der Waals surface area contributed by atoms with Crippen LogP contribution >= 0.6 is 11.3 Å². The molecule has 3 rings (SSSR count). The molecular formula is C23H32N6O3S. The van der Waals surface area contributed by atoms with Crippen LogP contribution in [0.5, 0.6) is 0 Å². The highest BCUT2D eigenvalue weighted by Crippen LogP contribution is 2.31. The lowest BCUT2D eigenvalue weighted by molar-refractivity contribution is 0.0546. The molecule has 1 amide bonds. The monoisotopic (exact) mass is 472 g/mol. The molecule has 33 heavy (non-hydrogen) atoms. The van der Waals surface area contributed by atoms with Gasteiger partial charge in [0.2, 0.25) is 0 Å². The number of hydrogen-bond donors (Lipinski definition) is 1. The minimum atomic E-state index is -0.140. The van der Waals surface area contributed by atoms with Crippen molar-refractivity contribution in [3.63, 3.8) is 0 Å². The Morgan fingerprint density at radius 2 is 2.03 bits per heavy atom. The zero-order valence-electron chi connectivity index (χ0n) is 19.3. The smallest absolute Gasteiger partial charge is 0.273 e. The molecule has 2 aromatic rings. The standard InChI is InChI=1S/C23H32N6O3S/c1-3-31-15-13-29(14-16-32-4-2)22(30)19-17-33-23(26-19)27-21-9-5-7-18(25-21)20-8-6-11-28(20)12-10-24/h5,7,9,17,20H,3-4,6,8,11-16H2,1-2H3,(H,25,26,27). The lowest BCUT2D eigenvalue weighted by Gasteiger charge is -2.21. The molecule has 9 nitrogen and oxygen atoms in total. The summed E-state index contributed by atoms with van der Waals surface area (Å²) in [6.07, 6.45) is 2.06. The predicted molar refractivity (Wildman–Crippen MR) is 128 cm³/mol. The van der Waals surface area contributed by atoms with Crippen LogP contribution in [0.1, 0.15) is 48.9 Å². The van der Waals surface area contributed by atoms with Crippen LogP contribution in [0.3, 0.4) is 0 Å². The number of amides is 1. The topological polar surface area (TPSA) is 104 Å². The van der Waals surface area contributed by atoms with Gasteiger partial charge in [-0.25, -0.2) is 9.97 Å². The predicted octanol–water partition coefficient (Wildman–Crippen LogP) is 3.46. The van der Waals surface area contributed by atoms with Crippen molar-refractivity contribution in [1.29, 1.82) is 5.26 Å². The first-order valence-electron chi connectivity index (χ1n) is 11.4. The summed E-state index contributed by atoms with van der Waals surface area (Å²) in [7, 11) is 0. The van der Waals surface area contributed by atoms with E-state index in [0.29, 0.717) is 62.7 Å². The van der Waals surface area contributed by atoms with Crippen molar-refractivity contribution in [2.24, 2.45) is 0 Å². The van der Waals surface area contributed by atoms with Gasteiger partial charge >= 0.3 is 0 Å². The van der Waals surface area contributed by atoms with Crippen LogP contribution in [0, 0.1) is 11.3 Å². The number of carbonyl (C=O) groups is 1. The van der Waals surface area contributed by atoms with E-state index in [0.717, 1.165) is 25.1 Å². The van der Waals surface area contributed by atoms with Gasteiger partial charge in [-0.05, 0) is 45.4 Å². The first-order chi connectivity index (χ1) is 16.2. The lowest BCUT2D eigenvalue weighted by Crippen LogP contribution is -2.37. The maximum atomic E-state index is 13.0. The van der Waals surface area contributed by atoms with E-state index in [4.69, 9.17) is 19.7 Å². The van der Waals surface area contributed by atoms with E-state index in [1.807, 2.05) is 32.0 Å². The molecule has 0 radical (unpaired) electrons. The number of ether oxygens (including phenoxy) is 2. The SMILES string of the molecule is CCOCCN(CCOCC)C(=O)c1csc(Nc2cccc(C3CCCN3CC#N)n2)n1. The number of carbonyl (C=O) groups excluding carboxylic acids is 1. The molecule has 0 bridgehead atoms. The largest absolute Gasteiger partial charge is 0.380 e. The third kappa shape index (κ3) is 7.20. The maximum absolute atomic E-state index is 13.0. The number of likely N-dealkylation sites (tertiary alicyclic amines) is 1. The van der Waals surface area contributed by atoms with Gasteiger partial charge in [-0.3, -0.25) is 9.69 Å². The molecule has 10 heteroatoms. The van der Waals surface area contributed by atoms with Gasteiger partial charge in [-0.2, -0.15) is 5.26 Å².